The van der Waals surface area contributed by atoms with Crippen molar-refractivity contribution in [1.82, 2.24) is 19.8 Å². The van der Waals surface area contributed by atoms with Gasteiger partial charge in [-0.25, -0.2) is 0 Å². The van der Waals surface area contributed by atoms with Crippen molar-refractivity contribution in [1.29, 1.82) is 0 Å². The molecule has 0 unspecified atom stereocenters. The zero-order valence-corrected chi connectivity index (χ0v) is 15.2. The van der Waals surface area contributed by atoms with Crippen molar-refractivity contribution in [3.05, 3.63) is 47.2 Å². The highest BCUT2D eigenvalue weighted by atomic mass is 16.5. The predicted molar refractivity (Wildman–Crippen MR) is 96.9 cm³/mol. The Morgan fingerprint density at radius 1 is 1.16 bits per heavy atom. The SMILES string of the molecule is COc1nc(OCCN(C)C)nc2c1CCN(Cc1ccccc1)C2. The zero-order chi connectivity index (χ0) is 17.6. The molecule has 134 valence electrons. The van der Waals surface area contributed by atoms with E-state index >= 15 is 0 Å². The summed E-state index contributed by atoms with van der Waals surface area (Å²) in [7, 11) is 5.68. The molecule has 0 aliphatic carbocycles. The highest BCUT2D eigenvalue weighted by molar-refractivity contribution is 5.34. The van der Waals surface area contributed by atoms with Crippen molar-refractivity contribution in [3.63, 3.8) is 0 Å². The number of rotatable bonds is 7. The molecule has 0 N–H and O–H groups in total. The second-order valence-corrected chi connectivity index (χ2v) is 6.54. The van der Waals surface area contributed by atoms with Crippen LogP contribution in [0.5, 0.6) is 11.9 Å². The fourth-order valence-corrected chi connectivity index (χ4v) is 2.96. The van der Waals surface area contributed by atoms with Crippen molar-refractivity contribution in [2.75, 3.05) is 40.9 Å². The lowest BCUT2D eigenvalue weighted by molar-refractivity contribution is 0.221. The summed E-state index contributed by atoms with van der Waals surface area (Å²) in [5.41, 5.74) is 3.43. The number of ether oxygens (including phenoxy) is 2. The molecule has 1 aromatic carbocycles. The Balaban J connectivity index is 1.72. The summed E-state index contributed by atoms with van der Waals surface area (Å²) in [5, 5.41) is 0. The van der Waals surface area contributed by atoms with Crippen molar-refractivity contribution in [3.8, 4) is 11.9 Å². The third-order valence-corrected chi connectivity index (χ3v) is 4.30. The maximum absolute atomic E-state index is 5.72. The average Bonchev–Trinajstić information content (AvgIpc) is 2.61. The summed E-state index contributed by atoms with van der Waals surface area (Å²) in [5.74, 6) is 0.643. The average molecular weight is 342 g/mol. The molecule has 0 atom stereocenters. The maximum atomic E-state index is 5.72. The largest absolute Gasteiger partial charge is 0.481 e. The van der Waals surface area contributed by atoms with Gasteiger partial charge in [-0.15, -0.1) is 0 Å². The number of methoxy groups -OCH3 is 1. The Bertz CT molecular complexity index is 691. The van der Waals surface area contributed by atoms with Gasteiger partial charge in [0.25, 0.3) is 0 Å². The lowest BCUT2D eigenvalue weighted by Crippen LogP contribution is -2.31. The van der Waals surface area contributed by atoms with Crippen molar-refractivity contribution in [2.45, 2.75) is 19.5 Å². The Labute approximate surface area is 149 Å². The first kappa shape index (κ1) is 17.6. The standard InChI is InChI=1S/C19H26N4O2/c1-22(2)11-12-25-19-20-17-14-23(13-15-7-5-4-6-8-15)10-9-16(17)18(21-19)24-3/h4-8H,9-14H2,1-3H3. The van der Waals surface area contributed by atoms with E-state index in [2.05, 4.69) is 44.0 Å². The molecule has 25 heavy (non-hydrogen) atoms. The highest BCUT2D eigenvalue weighted by Gasteiger charge is 2.23. The third kappa shape index (κ3) is 4.67. The molecule has 1 aliphatic rings. The van der Waals surface area contributed by atoms with E-state index in [4.69, 9.17) is 9.47 Å². The van der Waals surface area contributed by atoms with Gasteiger partial charge in [0.15, 0.2) is 0 Å². The smallest absolute Gasteiger partial charge is 0.320 e. The first-order valence-corrected chi connectivity index (χ1v) is 8.63. The monoisotopic (exact) mass is 342 g/mol. The van der Waals surface area contributed by atoms with Gasteiger partial charge >= 0.3 is 6.01 Å². The van der Waals surface area contributed by atoms with Crippen molar-refractivity contribution >= 4 is 0 Å². The molecule has 6 heteroatoms. The number of nitrogens with zero attached hydrogens (tertiary/aromatic N) is 4. The highest BCUT2D eigenvalue weighted by Crippen LogP contribution is 2.27. The number of likely N-dealkylation sites (N-methyl/N-ethyl adjacent to an activating group) is 1. The third-order valence-electron chi connectivity index (χ3n) is 4.30. The maximum Gasteiger partial charge on any atom is 0.320 e. The fourth-order valence-electron chi connectivity index (χ4n) is 2.96. The molecule has 0 radical (unpaired) electrons. The first-order valence-electron chi connectivity index (χ1n) is 8.63. The molecular weight excluding hydrogens is 316 g/mol. The molecular formula is C19H26N4O2. The lowest BCUT2D eigenvalue weighted by Gasteiger charge is -2.28. The minimum Gasteiger partial charge on any atom is -0.481 e. The molecule has 0 saturated heterocycles. The number of aromatic nitrogens is 2. The molecule has 2 heterocycles. The first-order chi connectivity index (χ1) is 12.2. The topological polar surface area (TPSA) is 50.7 Å². The van der Waals surface area contributed by atoms with Gasteiger partial charge in [0, 0.05) is 31.7 Å². The van der Waals surface area contributed by atoms with E-state index in [1.807, 2.05) is 20.2 Å². The summed E-state index contributed by atoms with van der Waals surface area (Å²) < 4.78 is 11.2. The summed E-state index contributed by atoms with van der Waals surface area (Å²) in [4.78, 5) is 13.5. The van der Waals surface area contributed by atoms with E-state index in [0.717, 1.165) is 43.9 Å². The Kier molecular flexibility index (Phi) is 5.83. The quantitative estimate of drug-likeness (QED) is 0.767. The summed E-state index contributed by atoms with van der Waals surface area (Å²) >= 11 is 0. The molecule has 0 fully saturated rings. The van der Waals surface area contributed by atoms with Gasteiger partial charge in [0.2, 0.25) is 5.88 Å². The number of hydrogen-bond acceptors (Lipinski definition) is 6. The van der Waals surface area contributed by atoms with Crippen LogP contribution in [0, 0.1) is 0 Å². The van der Waals surface area contributed by atoms with Crippen LogP contribution in [0.1, 0.15) is 16.8 Å². The predicted octanol–water partition coefficient (Wildman–Crippen LogP) is 1.98. The Morgan fingerprint density at radius 2 is 1.96 bits per heavy atom. The van der Waals surface area contributed by atoms with Crippen LogP contribution in [-0.2, 0) is 19.5 Å². The molecule has 3 rings (SSSR count). The zero-order valence-electron chi connectivity index (χ0n) is 15.2. The van der Waals surface area contributed by atoms with Crippen molar-refractivity contribution in [2.24, 2.45) is 0 Å². The summed E-state index contributed by atoms with van der Waals surface area (Å²) in [6.45, 7) is 4.06. The second-order valence-electron chi connectivity index (χ2n) is 6.54. The van der Waals surface area contributed by atoms with Gasteiger partial charge in [0.1, 0.15) is 6.61 Å². The van der Waals surface area contributed by atoms with E-state index in [1.54, 1.807) is 7.11 Å². The van der Waals surface area contributed by atoms with Gasteiger partial charge < -0.3 is 14.4 Å². The summed E-state index contributed by atoms with van der Waals surface area (Å²) in [6, 6.07) is 10.9. The van der Waals surface area contributed by atoms with Gasteiger partial charge in [0.05, 0.1) is 12.8 Å². The lowest BCUT2D eigenvalue weighted by atomic mass is 10.1. The molecule has 1 aromatic heterocycles. The molecule has 0 amide bonds. The second kappa shape index (κ2) is 8.27. The van der Waals surface area contributed by atoms with E-state index in [0.29, 0.717) is 18.5 Å². The minimum absolute atomic E-state index is 0.402. The van der Waals surface area contributed by atoms with Crippen LogP contribution < -0.4 is 9.47 Å². The van der Waals surface area contributed by atoms with E-state index in [-0.39, 0.29) is 0 Å². The Hall–Kier alpha value is -2.18. The van der Waals surface area contributed by atoms with E-state index in [9.17, 15) is 0 Å². The van der Waals surface area contributed by atoms with Crippen LogP contribution in [-0.4, -0.2) is 60.7 Å². The van der Waals surface area contributed by atoms with Gasteiger partial charge in [-0.3, -0.25) is 4.90 Å². The van der Waals surface area contributed by atoms with Crippen LogP contribution in [0.4, 0.5) is 0 Å². The number of benzene rings is 1. The minimum atomic E-state index is 0.402. The molecule has 6 nitrogen and oxygen atoms in total. The molecule has 0 bridgehead atoms. The number of hydrogen-bond donors (Lipinski definition) is 0. The van der Waals surface area contributed by atoms with Gasteiger partial charge in [-0.05, 0) is 26.1 Å². The Morgan fingerprint density at radius 3 is 2.68 bits per heavy atom. The molecule has 0 spiro atoms. The fraction of sp³-hybridized carbons (Fsp3) is 0.474. The molecule has 2 aromatic rings. The van der Waals surface area contributed by atoms with E-state index in [1.165, 1.54) is 5.56 Å². The number of fused-ring (bicyclic) bond motifs is 1. The molecule has 1 aliphatic heterocycles. The van der Waals surface area contributed by atoms with Crippen LogP contribution in [0.2, 0.25) is 0 Å². The van der Waals surface area contributed by atoms with Gasteiger partial charge in [-0.2, -0.15) is 9.97 Å². The van der Waals surface area contributed by atoms with Crippen LogP contribution >= 0.6 is 0 Å². The van der Waals surface area contributed by atoms with E-state index < -0.39 is 0 Å². The van der Waals surface area contributed by atoms with Gasteiger partial charge in [-0.1, -0.05) is 30.3 Å². The van der Waals surface area contributed by atoms with Crippen LogP contribution in [0.25, 0.3) is 0 Å². The van der Waals surface area contributed by atoms with Crippen LogP contribution in [0.15, 0.2) is 30.3 Å². The normalized spacial score (nSPS) is 14.4. The summed E-state index contributed by atoms with van der Waals surface area (Å²) in [6.07, 6.45) is 0.892. The van der Waals surface area contributed by atoms with Crippen LogP contribution in [0.3, 0.4) is 0 Å². The molecule has 0 saturated carbocycles. The van der Waals surface area contributed by atoms with Crippen molar-refractivity contribution < 1.29 is 9.47 Å².